The van der Waals surface area contributed by atoms with E-state index in [0.717, 1.165) is 17.3 Å². The van der Waals surface area contributed by atoms with Gasteiger partial charge in [0.05, 0.1) is 0 Å². The molecule has 0 aliphatic carbocycles. The van der Waals surface area contributed by atoms with E-state index in [9.17, 15) is 9.59 Å². The summed E-state index contributed by atoms with van der Waals surface area (Å²) in [4.78, 5) is 24.2. The molecule has 1 heterocycles. The Bertz CT molecular complexity index is 760. The fraction of sp³-hybridized carbons (Fsp3) is 0.188. The van der Waals surface area contributed by atoms with Gasteiger partial charge in [-0.1, -0.05) is 52.9 Å². The van der Waals surface area contributed by atoms with Gasteiger partial charge < -0.3 is 10.1 Å². The van der Waals surface area contributed by atoms with Crippen LogP contribution in [0.3, 0.4) is 0 Å². The highest BCUT2D eigenvalue weighted by atomic mass is 127. The van der Waals surface area contributed by atoms with Gasteiger partial charge in [-0.15, -0.1) is 0 Å². The van der Waals surface area contributed by atoms with Gasteiger partial charge in [-0.25, -0.2) is 4.79 Å². The number of hydrogen-bond acceptors (Lipinski definition) is 5. The molecule has 0 fully saturated rings. The first-order valence-electron chi connectivity index (χ1n) is 7.21. The highest BCUT2D eigenvalue weighted by Gasteiger charge is 2.21. The van der Waals surface area contributed by atoms with Crippen molar-refractivity contribution in [1.29, 1.82) is 5.26 Å². The van der Waals surface area contributed by atoms with Crippen LogP contribution in [0, 0.1) is 10.7 Å². The third-order valence-electron chi connectivity index (χ3n) is 3.07. The van der Waals surface area contributed by atoms with Crippen molar-refractivity contribution in [3.05, 3.63) is 54.2 Å². The van der Waals surface area contributed by atoms with Crippen LogP contribution >= 0.6 is 34.4 Å². The van der Waals surface area contributed by atoms with E-state index in [2.05, 4.69) is 10.7 Å². The molecule has 2 amide bonds. The lowest BCUT2D eigenvalue weighted by Crippen LogP contribution is -2.47. The van der Waals surface area contributed by atoms with Crippen LogP contribution in [0.5, 0.6) is 0 Å². The fourth-order valence-corrected chi connectivity index (χ4v) is 2.93. The second-order valence-corrected chi connectivity index (χ2v) is 6.48. The largest absolute Gasteiger partial charge is 0.445 e. The molecular weight excluding hydrogens is 455 g/mol. The number of hydrogen-bond donors (Lipinski definition) is 2. The zero-order valence-electron chi connectivity index (χ0n) is 13.0. The van der Waals surface area contributed by atoms with E-state index in [-0.39, 0.29) is 6.61 Å². The molecule has 2 aromatic rings. The Morgan fingerprint density at radius 3 is 2.72 bits per heavy atom. The standard InChI is InChI=1S/C16H15IN4O3S/c17-9-13(15(22)20-21-8-4-7-14(21)25-11-18)19-16(23)24-10-12-5-2-1-3-6-12/h1-8,13H,9-10H2,(H,19,23)(H,20,22). The van der Waals surface area contributed by atoms with Crippen molar-refractivity contribution in [3.8, 4) is 5.40 Å². The Balaban J connectivity index is 1.87. The van der Waals surface area contributed by atoms with E-state index in [0.29, 0.717) is 9.45 Å². The summed E-state index contributed by atoms with van der Waals surface area (Å²) < 4.78 is 6.92. The molecule has 0 saturated carbocycles. The highest BCUT2D eigenvalue weighted by Crippen LogP contribution is 2.15. The van der Waals surface area contributed by atoms with Crippen LogP contribution in [-0.2, 0) is 16.1 Å². The first-order valence-corrected chi connectivity index (χ1v) is 9.55. The number of rotatable bonds is 7. The summed E-state index contributed by atoms with van der Waals surface area (Å²) in [5.74, 6) is -0.401. The molecule has 2 rings (SSSR count). The second-order valence-electron chi connectivity index (χ2n) is 4.80. The van der Waals surface area contributed by atoms with Gasteiger partial charge in [-0.2, -0.15) is 5.26 Å². The number of ether oxygens (including phenoxy) is 1. The van der Waals surface area contributed by atoms with Crippen LogP contribution in [0.2, 0.25) is 0 Å². The van der Waals surface area contributed by atoms with Gasteiger partial charge in [0.2, 0.25) is 0 Å². The Hall–Kier alpha value is -2.19. The number of thioether (sulfide) groups is 1. The predicted octanol–water partition coefficient (Wildman–Crippen LogP) is 2.86. The highest BCUT2D eigenvalue weighted by molar-refractivity contribution is 14.1. The summed E-state index contributed by atoms with van der Waals surface area (Å²) in [6, 6.07) is 11.9. The van der Waals surface area contributed by atoms with Gasteiger partial charge in [0, 0.05) is 22.4 Å². The number of amides is 2. The van der Waals surface area contributed by atoms with Crippen LogP contribution < -0.4 is 10.7 Å². The van der Waals surface area contributed by atoms with Gasteiger partial charge in [0.1, 0.15) is 23.1 Å². The SMILES string of the molecule is N#CSc1cccn1NC(=O)C(CI)NC(=O)OCc1ccccc1. The molecule has 1 unspecified atom stereocenters. The maximum Gasteiger partial charge on any atom is 0.408 e. The predicted molar refractivity (Wildman–Crippen MR) is 103 cm³/mol. The number of alkyl carbamates (subject to hydrolysis) is 1. The number of carbonyl (C=O) groups is 2. The molecule has 7 nitrogen and oxygen atoms in total. The average Bonchev–Trinajstić information content (AvgIpc) is 3.06. The van der Waals surface area contributed by atoms with Crippen molar-refractivity contribution in [3.63, 3.8) is 0 Å². The smallest absolute Gasteiger partial charge is 0.408 e. The van der Waals surface area contributed by atoms with E-state index < -0.39 is 18.0 Å². The van der Waals surface area contributed by atoms with Crippen molar-refractivity contribution in [2.75, 3.05) is 9.85 Å². The number of carbonyl (C=O) groups excluding carboxylic acids is 2. The quantitative estimate of drug-likeness (QED) is 0.281. The Kier molecular flexibility index (Phi) is 7.62. The topological polar surface area (TPSA) is 96.1 Å². The summed E-state index contributed by atoms with van der Waals surface area (Å²) in [6.45, 7) is 0.128. The van der Waals surface area contributed by atoms with E-state index in [1.54, 1.807) is 18.3 Å². The van der Waals surface area contributed by atoms with Gasteiger partial charge in [-0.3, -0.25) is 14.9 Å². The maximum atomic E-state index is 12.3. The summed E-state index contributed by atoms with van der Waals surface area (Å²) >= 11 is 2.94. The summed E-state index contributed by atoms with van der Waals surface area (Å²) in [6.07, 6.45) is 0.954. The minimum atomic E-state index is -0.758. The van der Waals surface area contributed by atoms with Gasteiger partial charge in [0.25, 0.3) is 5.91 Å². The maximum absolute atomic E-state index is 12.3. The molecule has 1 aromatic carbocycles. The molecule has 25 heavy (non-hydrogen) atoms. The normalized spacial score (nSPS) is 11.2. The third-order valence-corrected chi connectivity index (χ3v) is 4.58. The number of nitrogens with zero attached hydrogens (tertiary/aromatic N) is 2. The molecule has 1 atom stereocenters. The minimum Gasteiger partial charge on any atom is -0.445 e. The molecule has 0 spiro atoms. The molecule has 9 heteroatoms. The minimum absolute atomic E-state index is 0.128. The van der Waals surface area contributed by atoms with Gasteiger partial charge >= 0.3 is 6.09 Å². The number of halogens is 1. The Morgan fingerprint density at radius 2 is 2.04 bits per heavy atom. The van der Waals surface area contributed by atoms with Crippen molar-refractivity contribution >= 4 is 46.4 Å². The summed E-state index contributed by atoms with van der Waals surface area (Å²) in [5, 5.41) is 13.8. The van der Waals surface area contributed by atoms with Gasteiger partial charge in [0.15, 0.2) is 0 Å². The number of benzene rings is 1. The average molecular weight is 470 g/mol. The summed E-state index contributed by atoms with van der Waals surface area (Å²) in [5.41, 5.74) is 3.50. The lowest BCUT2D eigenvalue weighted by molar-refractivity contribution is -0.118. The molecule has 1 aromatic heterocycles. The Morgan fingerprint density at radius 1 is 1.28 bits per heavy atom. The fourth-order valence-electron chi connectivity index (χ4n) is 1.87. The molecule has 0 aliphatic heterocycles. The second kappa shape index (κ2) is 9.95. The van der Waals surface area contributed by atoms with E-state index >= 15 is 0 Å². The Labute approximate surface area is 162 Å². The molecular formula is C16H15IN4O3S. The first-order chi connectivity index (χ1) is 12.1. The van der Waals surface area contributed by atoms with Crippen molar-refractivity contribution in [1.82, 2.24) is 9.99 Å². The third kappa shape index (κ3) is 5.99. The van der Waals surface area contributed by atoms with E-state index in [1.165, 1.54) is 4.68 Å². The van der Waals surface area contributed by atoms with Crippen LogP contribution in [-0.4, -0.2) is 27.1 Å². The lowest BCUT2D eigenvalue weighted by atomic mass is 10.2. The number of nitrogens with one attached hydrogen (secondary N) is 2. The van der Waals surface area contributed by atoms with Gasteiger partial charge in [-0.05, 0) is 17.7 Å². The molecule has 0 radical (unpaired) electrons. The summed E-state index contributed by atoms with van der Waals surface area (Å²) in [7, 11) is 0. The van der Waals surface area contributed by atoms with Crippen LogP contribution in [0.15, 0.2) is 53.7 Å². The zero-order chi connectivity index (χ0) is 18.1. The lowest BCUT2D eigenvalue weighted by Gasteiger charge is -2.17. The number of nitriles is 1. The van der Waals surface area contributed by atoms with Crippen LogP contribution in [0.25, 0.3) is 0 Å². The number of alkyl halides is 1. The monoisotopic (exact) mass is 470 g/mol. The number of thiocyanates is 1. The zero-order valence-corrected chi connectivity index (χ0v) is 16.0. The van der Waals surface area contributed by atoms with Crippen molar-refractivity contribution < 1.29 is 14.3 Å². The van der Waals surface area contributed by atoms with Crippen LogP contribution in [0.1, 0.15) is 5.56 Å². The first kappa shape index (κ1) is 19.1. The molecule has 0 saturated heterocycles. The van der Waals surface area contributed by atoms with E-state index in [1.807, 2.05) is 58.3 Å². The van der Waals surface area contributed by atoms with Crippen molar-refractivity contribution in [2.24, 2.45) is 0 Å². The molecule has 0 bridgehead atoms. The van der Waals surface area contributed by atoms with E-state index in [4.69, 9.17) is 10.00 Å². The van der Waals surface area contributed by atoms with Crippen molar-refractivity contribution in [2.45, 2.75) is 17.7 Å². The number of aromatic nitrogens is 1. The molecule has 2 N–H and O–H groups in total. The van der Waals surface area contributed by atoms with Crippen LogP contribution in [0.4, 0.5) is 4.79 Å². The molecule has 130 valence electrons. The molecule has 0 aliphatic rings.